The van der Waals surface area contributed by atoms with E-state index in [9.17, 15) is 0 Å². The number of hydrogen-bond acceptors (Lipinski definition) is 4. The molecule has 0 saturated carbocycles. The van der Waals surface area contributed by atoms with Gasteiger partial charge in [-0.15, -0.1) is 0 Å². The minimum atomic E-state index is 0.880. The smallest absolute Gasteiger partial charge is 0.122 e. The van der Waals surface area contributed by atoms with Gasteiger partial charge in [0.1, 0.15) is 5.75 Å². The van der Waals surface area contributed by atoms with E-state index in [1.165, 1.54) is 32.5 Å². The number of pyridine rings is 1. The summed E-state index contributed by atoms with van der Waals surface area (Å²) in [6, 6.07) is 3.89. The van der Waals surface area contributed by atoms with Gasteiger partial charge >= 0.3 is 0 Å². The molecule has 0 radical (unpaired) electrons. The van der Waals surface area contributed by atoms with Crippen LogP contribution in [0.5, 0.6) is 5.75 Å². The molecule has 2 rings (SSSR count). The Morgan fingerprint density at radius 3 is 2.89 bits per heavy atom. The average Bonchev–Trinajstić information content (AvgIpc) is 2.90. The predicted molar refractivity (Wildman–Crippen MR) is 72.8 cm³/mol. The van der Waals surface area contributed by atoms with Crippen molar-refractivity contribution in [2.75, 3.05) is 40.3 Å². The summed E-state index contributed by atoms with van der Waals surface area (Å²) >= 11 is 0. The van der Waals surface area contributed by atoms with Crippen LogP contribution < -0.4 is 4.74 Å². The molecule has 0 unspecified atom stereocenters. The lowest BCUT2D eigenvalue weighted by Gasteiger charge is -2.21. The highest BCUT2D eigenvalue weighted by Gasteiger charge is 2.12. The predicted octanol–water partition coefficient (Wildman–Crippen LogP) is 1.62. The Morgan fingerprint density at radius 2 is 2.17 bits per heavy atom. The summed E-state index contributed by atoms with van der Waals surface area (Å²) in [5.41, 5.74) is 1.07. The minimum Gasteiger partial charge on any atom is -0.497 e. The highest BCUT2D eigenvalue weighted by Crippen LogP contribution is 2.11. The van der Waals surface area contributed by atoms with Crippen LogP contribution in [0, 0.1) is 0 Å². The fraction of sp³-hybridized carbons (Fsp3) is 0.643. The summed E-state index contributed by atoms with van der Waals surface area (Å²) in [6.45, 7) is 5.68. The Labute approximate surface area is 110 Å². The van der Waals surface area contributed by atoms with Crippen molar-refractivity contribution in [2.24, 2.45) is 0 Å². The van der Waals surface area contributed by atoms with E-state index in [1.54, 1.807) is 7.11 Å². The van der Waals surface area contributed by atoms with Gasteiger partial charge in [-0.25, -0.2) is 0 Å². The van der Waals surface area contributed by atoms with Crippen molar-refractivity contribution in [1.29, 1.82) is 0 Å². The Balaban J connectivity index is 1.76. The van der Waals surface area contributed by atoms with Gasteiger partial charge in [0, 0.05) is 31.9 Å². The molecular weight excluding hydrogens is 226 g/mol. The molecule has 2 heterocycles. The Kier molecular flexibility index (Phi) is 4.96. The van der Waals surface area contributed by atoms with Gasteiger partial charge in [0.25, 0.3) is 0 Å². The lowest BCUT2D eigenvalue weighted by atomic mass is 10.3. The fourth-order valence-electron chi connectivity index (χ4n) is 2.34. The molecule has 0 spiro atoms. The van der Waals surface area contributed by atoms with E-state index in [0.717, 1.165) is 24.5 Å². The summed E-state index contributed by atoms with van der Waals surface area (Å²) < 4.78 is 5.21. The third-order valence-corrected chi connectivity index (χ3v) is 3.45. The monoisotopic (exact) mass is 249 g/mol. The number of likely N-dealkylation sites (N-methyl/N-ethyl adjacent to an activating group) is 1. The van der Waals surface area contributed by atoms with Crippen molar-refractivity contribution in [3.63, 3.8) is 0 Å². The largest absolute Gasteiger partial charge is 0.497 e. The van der Waals surface area contributed by atoms with Gasteiger partial charge in [-0.2, -0.15) is 0 Å². The van der Waals surface area contributed by atoms with Gasteiger partial charge in [0.15, 0.2) is 0 Å². The molecule has 18 heavy (non-hydrogen) atoms. The molecule has 0 atom stereocenters. The van der Waals surface area contributed by atoms with Crippen LogP contribution in [0.25, 0.3) is 0 Å². The van der Waals surface area contributed by atoms with E-state index >= 15 is 0 Å². The number of hydrogen-bond donors (Lipinski definition) is 0. The molecule has 1 aromatic rings. The first-order chi connectivity index (χ1) is 8.78. The van der Waals surface area contributed by atoms with Crippen LogP contribution in [-0.4, -0.2) is 55.1 Å². The summed E-state index contributed by atoms with van der Waals surface area (Å²) in [7, 11) is 3.84. The second kappa shape index (κ2) is 6.71. The first-order valence-corrected chi connectivity index (χ1v) is 6.68. The molecule has 0 amide bonds. The number of methoxy groups -OCH3 is 1. The molecule has 0 aromatic carbocycles. The van der Waals surface area contributed by atoms with Crippen LogP contribution in [0.2, 0.25) is 0 Å². The van der Waals surface area contributed by atoms with Gasteiger partial charge in [-0.05, 0) is 39.0 Å². The highest BCUT2D eigenvalue weighted by atomic mass is 16.5. The summed E-state index contributed by atoms with van der Waals surface area (Å²) in [5.74, 6) is 0.882. The number of nitrogens with zero attached hydrogens (tertiary/aromatic N) is 3. The van der Waals surface area contributed by atoms with Gasteiger partial charge < -0.3 is 9.64 Å². The van der Waals surface area contributed by atoms with Crippen molar-refractivity contribution in [3.05, 3.63) is 24.0 Å². The molecule has 1 fully saturated rings. The second-order valence-corrected chi connectivity index (χ2v) is 4.97. The van der Waals surface area contributed by atoms with E-state index in [1.807, 2.05) is 18.3 Å². The molecule has 0 aliphatic carbocycles. The summed E-state index contributed by atoms with van der Waals surface area (Å²) in [5, 5.41) is 0. The maximum atomic E-state index is 5.21. The number of likely N-dealkylation sites (tertiary alicyclic amines) is 1. The molecule has 1 aliphatic heterocycles. The van der Waals surface area contributed by atoms with E-state index < -0.39 is 0 Å². The Morgan fingerprint density at radius 1 is 1.39 bits per heavy atom. The molecule has 4 nitrogen and oxygen atoms in total. The molecule has 0 N–H and O–H groups in total. The Bertz CT molecular complexity index is 364. The third-order valence-electron chi connectivity index (χ3n) is 3.45. The van der Waals surface area contributed by atoms with Crippen molar-refractivity contribution in [2.45, 2.75) is 19.4 Å². The van der Waals surface area contributed by atoms with Gasteiger partial charge in [-0.3, -0.25) is 9.88 Å². The molecule has 0 bridgehead atoms. The average molecular weight is 249 g/mol. The summed E-state index contributed by atoms with van der Waals surface area (Å²) in [6.07, 6.45) is 4.53. The van der Waals surface area contributed by atoms with E-state index in [4.69, 9.17) is 4.74 Å². The zero-order valence-corrected chi connectivity index (χ0v) is 11.4. The highest BCUT2D eigenvalue weighted by molar-refractivity contribution is 5.22. The Hall–Kier alpha value is -1.13. The maximum Gasteiger partial charge on any atom is 0.122 e. The SMILES string of the molecule is COc1ccnc(CN(C)CCN2CCCC2)c1. The first-order valence-electron chi connectivity index (χ1n) is 6.68. The normalized spacial score (nSPS) is 16.4. The lowest BCUT2D eigenvalue weighted by Crippen LogP contribution is -2.31. The molecule has 1 aliphatic rings. The van der Waals surface area contributed by atoms with E-state index in [2.05, 4.69) is 21.8 Å². The van der Waals surface area contributed by atoms with Crippen LogP contribution in [0.4, 0.5) is 0 Å². The zero-order chi connectivity index (χ0) is 12.8. The van der Waals surface area contributed by atoms with E-state index in [-0.39, 0.29) is 0 Å². The van der Waals surface area contributed by atoms with Crippen LogP contribution in [0.3, 0.4) is 0 Å². The summed E-state index contributed by atoms with van der Waals surface area (Å²) in [4.78, 5) is 9.23. The maximum absolute atomic E-state index is 5.21. The van der Waals surface area contributed by atoms with Crippen LogP contribution in [0.1, 0.15) is 18.5 Å². The van der Waals surface area contributed by atoms with Crippen molar-refractivity contribution < 1.29 is 4.74 Å². The molecule has 100 valence electrons. The van der Waals surface area contributed by atoms with Crippen molar-refractivity contribution >= 4 is 0 Å². The standard InChI is InChI=1S/C14H23N3O/c1-16(9-10-17-7-3-4-8-17)12-13-11-14(18-2)5-6-15-13/h5-6,11H,3-4,7-10,12H2,1-2H3. The molecule has 1 aromatic heterocycles. The number of aromatic nitrogens is 1. The quantitative estimate of drug-likeness (QED) is 0.766. The topological polar surface area (TPSA) is 28.6 Å². The number of rotatable bonds is 6. The second-order valence-electron chi connectivity index (χ2n) is 4.97. The lowest BCUT2D eigenvalue weighted by molar-refractivity contribution is 0.250. The first kappa shape index (κ1) is 13.3. The fourth-order valence-corrected chi connectivity index (χ4v) is 2.34. The van der Waals surface area contributed by atoms with Crippen molar-refractivity contribution in [1.82, 2.24) is 14.8 Å². The van der Waals surface area contributed by atoms with Crippen LogP contribution in [-0.2, 0) is 6.54 Å². The van der Waals surface area contributed by atoms with Gasteiger partial charge in [0.05, 0.1) is 12.8 Å². The van der Waals surface area contributed by atoms with Gasteiger partial charge in [-0.1, -0.05) is 0 Å². The molecular formula is C14H23N3O. The van der Waals surface area contributed by atoms with Crippen molar-refractivity contribution in [3.8, 4) is 5.75 Å². The molecule has 1 saturated heterocycles. The molecule has 4 heteroatoms. The number of ether oxygens (including phenoxy) is 1. The van der Waals surface area contributed by atoms with E-state index in [0.29, 0.717) is 0 Å². The third kappa shape index (κ3) is 3.96. The van der Waals surface area contributed by atoms with Crippen LogP contribution >= 0.6 is 0 Å². The van der Waals surface area contributed by atoms with Gasteiger partial charge in [0.2, 0.25) is 0 Å². The minimum absolute atomic E-state index is 0.880. The zero-order valence-electron chi connectivity index (χ0n) is 11.4. The van der Waals surface area contributed by atoms with Crippen LogP contribution in [0.15, 0.2) is 18.3 Å².